The fraction of sp³-hybridized carbons (Fsp3) is 0.458. The molecule has 0 saturated carbocycles. The average Bonchev–Trinajstić information content (AvgIpc) is 2.76. The molecule has 1 spiro atoms. The standard InChI is InChI=1S/C24H29ClN2O4S/c1-17-13-21-20(14-22(17)25)18(2)27(32(3,29)30)16-24(21)9-11-26(12-10-24)23(28)31-15-19-7-5-4-6-8-19/h4-8,13-14,18H,9-12,15-16H2,1-3H3. The maximum Gasteiger partial charge on any atom is 0.410 e. The number of ether oxygens (including phenoxy) is 1. The lowest BCUT2D eigenvalue weighted by molar-refractivity contribution is 0.0694. The number of carbonyl (C=O) groups excluding carboxylic acids is 1. The molecule has 8 heteroatoms. The number of piperidine rings is 1. The monoisotopic (exact) mass is 476 g/mol. The first kappa shape index (κ1) is 23.1. The molecule has 172 valence electrons. The number of aryl methyl sites for hydroxylation is 1. The molecule has 0 radical (unpaired) electrons. The molecule has 1 amide bonds. The van der Waals surface area contributed by atoms with Crippen molar-refractivity contribution in [2.45, 2.75) is 44.8 Å². The number of hydrogen-bond acceptors (Lipinski definition) is 4. The van der Waals surface area contributed by atoms with Crippen LogP contribution in [0, 0.1) is 6.92 Å². The van der Waals surface area contributed by atoms with Gasteiger partial charge in [0.2, 0.25) is 10.0 Å². The van der Waals surface area contributed by atoms with E-state index in [1.807, 2.05) is 50.2 Å². The highest BCUT2D eigenvalue weighted by Crippen LogP contribution is 2.47. The Morgan fingerprint density at radius 2 is 1.84 bits per heavy atom. The third kappa shape index (κ3) is 4.38. The Hall–Kier alpha value is -2.09. The average molecular weight is 477 g/mol. The number of rotatable bonds is 3. The number of likely N-dealkylation sites (tertiary alicyclic amines) is 1. The van der Waals surface area contributed by atoms with Gasteiger partial charge in [0.25, 0.3) is 0 Å². The van der Waals surface area contributed by atoms with Crippen LogP contribution < -0.4 is 0 Å². The van der Waals surface area contributed by atoms with Crippen molar-refractivity contribution < 1.29 is 17.9 Å². The summed E-state index contributed by atoms with van der Waals surface area (Å²) in [7, 11) is -3.40. The fourth-order valence-electron chi connectivity index (χ4n) is 4.94. The molecule has 0 aromatic heterocycles. The summed E-state index contributed by atoms with van der Waals surface area (Å²) in [6.45, 7) is 5.56. The molecular formula is C24H29ClN2O4S. The van der Waals surface area contributed by atoms with Crippen LogP contribution in [-0.4, -0.2) is 49.6 Å². The molecule has 1 atom stereocenters. The van der Waals surface area contributed by atoms with Gasteiger partial charge in [-0.05, 0) is 55.0 Å². The molecular weight excluding hydrogens is 448 g/mol. The van der Waals surface area contributed by atoms with Gasteiger partial charge in [-0.15, -0.1) is 0 Å². The zero-order chi connectivity index (χ0) is 23.1. The maximum atomic E-state index is 12.6. The van der Waals surface area contributed by atoms with Gasteiger partial charge in [0, 0.05) is 36.1 Å². The second-order valence-corrected chi connectivity index (χ2v) is 11.3. The highest BCUT2D eigenvalue weighted by Gasteiger charge is 2.47. The predicted octanol–water partition coefficient (Wildman–Crippen LogP) is 4.66. The van der Waals surface area contributed by atoms with E-state index in [-0.39, 0.29) is 24.2 Å². The quantitative estimate of drug-likeness (QED) is 0.646. The molecule has 2 aromatic rings. The number of halogens is 1. The van der Waals surface area contributed by atoms with Gasteiger partial charge in [-0.3, -0.25) is 0 Å². The van der Waals surface area contributed by atoms with Crippen LogP contribution in [0.5, 0.6) is 0 Å². The van der Waals surface area contributed by atoms with Gasteiger partial charge >= 0.3 is 6.09 Å². The van der Waals surface area contributed by atoms with Crippen LogP contribution in [0.25, 0.3) is 0 Å². The third-order valence-electron chi connectivity index (χ3n) is 6.85. The number of carbonyl (C=O) groups is 1. The second-order valence-electron chi connectivity index (χ2n) is 8.98. The summed E-state index contributed by atoms with van der Waals surface area (Å²) in [6.07, 6.45) is 2.26. The molecule has 0 aliphatic carbocycles. The Kier molecular flexibility index (Phi) is 6.27. The van der Waals surface area contributed by atoms with Crippen LogP contribution >= 0.6 is 11.6 Å². The zero-order valence-electron chi connectivity index (χ0n) is 18.7. The maximum absolute atomic E-state index is 12.6. The smallest absolute Gasteiger partial charge is 0.410 e. The van der Waals surface area contributed by atoms with Crippen molar-refractivity contribution in [2.75, 3.05) is 25.9 Å². The van der Waals surface area contributed by atoms with Crippen LogP contribution in [0.2, 0.25) is 5.02 Å². The number of hydrogen-bond donors (Lipinski definition) is 0. The van der Waals surface area contributed by atoms with E-state index in [0.717, 1.165) is 22.3 Å². The molecule has 2 aliphatic heterocycles. The van der Waals surface area contributed by atoms with Crippen molar-refractivity contribution in [3.63, 3.8) is 0 Å². The van der Waals surface area contributed by atoms with Gasteiger partial charge in [-0.25, -0.2) is 13.2 Å². The summed E-state index contributed by atoms with van der Waals surface area (Å²) < 4.78 is 32.2. The Balaban J connectivity index is 1.55. The normalized spacial score (nSPS) is 20.8. The van der Waals surface area contributed by atoms with E-state index < -0.39 is 10.0 Å². The van der Waals surface area contributed by atoms with Crippen LogP contribution in [-0.2, 0) is 26.8 Å². The molecule has 32 heavy (non-hydrogen) atoms. The minimum atomic E-state index is -3.40. The highest BCUT2D eigenvalue weighted by atomic mass is 35.5. The lowest BCUT2D eigenvalue weighted by atomic mass is 9.68. The summed E-state index contributed by atoms with van der Waals surface area (Å²) in [5.41, 5.74) is 3.69. The molecule has 6 nitrogen and oxygen atoms in total. The molecule has 2 aromatic carbocycles. The van der Waals surface area contributed by atoms with Gasteiger partial charge < -0.3 is 9.64 Å². The van der Waals surface area contributed by atoms with E-state index >= 15 is 0 Å². The van der Waals surface area contributed by atoms with Gasteiger partial charge in [-0.2, -0.15) is 4.31 Å². The van der Waals surface area contributed by atoms with E-state index in [1.165, 1.54) is 6.26 Å². The molecule has 4 rings (SSSR count). The molecule has 2 aliphatic rings. The zero-order valence-corrected chi connectivity index (χ0v) is 20.2. The molecule has 1 unspecified atom stereocenters. The lowest BCUT2D eigenvalue weighted by Crippen LogP contribution is -2.54. The van der Waals surface area contributed by atoms with Gasteiger partial charge in [0.15, 0.2) is 0 Å². The van der Waals surface area contributed by atoms with Crippen LogP contribution in [0.3, 0.4) is 0 Å². The fourth-order valence-corrected chi connectivity index (χ4v) is 6.28. The van der Waals surface area contributed by atoms with E-state index in [9.17, 15) is 13.2 Å². The number of nitrogens with zero attached hydrogens (tertiary/aromatic N) is 2. The number of amides is 1. The van der Waals surface area contributed by atoms with Crippen molar-refractivity contribution in [3.05, 3.63) is 69.7 Å². The van der Waals surface area contributed by atoms with E-state index in [1.54, 1.807) is 9.21 Å². The molecule has 0 bridgehead atoms. The van der Waals surface area contributed by atoms with Crippen molar-refractivity contribution in [1.82, 2.24) is 9.21 Å². The topological polar surface area (TPSA) is 66.9 Å². The largest absolute Gasteiger partial charge is 0.445 e. The van der Waals surface area contributed by atoms with Crippen molar-refractivity contribution >= 4 is 27.7 Å². The summed E-state index contributed by atoms with van der Waals surface area (Å²) >= 11 is 6.41. The Morgan fingerprint density at radius 3 is 2.47 bits per heavy atom. The summed E-state index contributed by atoms with van der Waals surface area (Å²) in [6, 6.07) is 13.3. The summed E-state index contributed by atoms with van der Waals surface area (Å²) in [5, 5.41) is 0.642. The Labute approximate surface area is 195 Å². The van der Waals surface area contributed by atoms with Crippen LogP contribution in [0.15, 0.2) is 42.5 Å². The Morgan fingerprint density at radius 1 is 1.19 bits per heavy atom. The van der Waals surface area contributed by atoms with Gasteiger partial charge in [0.05, 0.1) is 6.26 Å². The van der Waals surface area contributed by atoms with E-state index in [4.69, 9.17) is 16.3 Å². The van der Waals surface area contributed by atoms with Crippen molar-refractivity contribution in [2.24, 2.45) is 0 Å². The van der Waals surface area contributed by atoms with Gasteiger partial charge in [-0.1, -0.05) is 48.0 Å². The number of sulfonamides is 1. The van der Waals surface area contributed by atoms with Crippen molar-refractivity contribution in [3.8, 4) is 0 Å². The highest BCUT2D eigenvalue weighted by molar-refractivity contribution is 7.88. The number of benzene rings is 2. The minimum Gasteiger partial charge on any atom is -0.445 e. The first-order chi connectivity index (χ1) is 15.1. The van der Waals surface area contributed by atoms with Crippen LogP contribution in [0.1, 0.15) is 48.1 Å². The molecule has 0 N–H and O–H groups in total. The lowest BCUT2D eigenvalue weighted by Gasteiger charge is -2.50. The summed E-state index contributed by atoms with van der Waals surface area (Å²) in [4.78, 5) is 14.4. The Bertz CT molecular complexity index is 1110. The SMILES string of the molecule is Cc1cc2c(cc1Cl)C(C)N(S(C)(=O)=O)CC21CCN(C(=O)OCc2ccccc2)CC1. The first-order valence-corrected chi connectivity index (χ1v) is 13.1. The number of fused-ring (bicyclic) bond motifs is 2. The van der Waals surface area contributed by atoms with Crippen LogP contribution in [0.4, 0.5) is 4.79 Å². The second kappa shape index (κ2) is 8.69. The molecule has 1 fully saturated rings. The predicted molar refractivity (Wildman–Crippen MR) is 125 cm³/mol. The van der Waals surface area contributed by atoms with Gasteiger partial charge in [0.1, 0.15) is 6.61 Å². The molecule has 2 heterocycles. The first-order valence-electron chi connectivity index (χ1n) is 10.8. The third-order valence-corrected chi connectivity index (χ3v) is 8.56. The van der Waals surface area contributed by atoms with Crippen molar-refractivity contribution in [1.29, 1.82) is 0 Å². The minimum absolute atomic E-state index is 0.237. The summed E-state index contributed by atoms with van der Waals surface area (Å²) in [5.74, 6) is 0. The van der Waals surface area contributed by atoms with E-state index in [2.05, 4.69) is 6.07 Å². The molecule has 1 saturated heterocycles. The van der Waals surface area contributed by atoms with E-state index in [0.29, 0.717) is 37.5 Å².